The number of thiazole rings is 1. The van der Waals surface area contributed by atoms with Crippen molar-refractivity contribution in [1.82, 2.24) is 4.98 Å². The third-order valence-electron chi connectivity index (χ3n) is 2.89. The molecule has 0 fully saturated rings. The summed E-state index contributed by atoms with van der Waals surface area (Å²) in [6.45, 7) is 3.65. The highest BCUT2D eigenvalue weighted by Crippen LogP contribution is 2.18. The maximum atomic E-state index is 12.2. The van der Waals surface area contributed by atoms with Gasteiger partial charge in [-0.25, -0.2) is 4.98 Å². The standard InChI is InChI=1S/C14H15N3O2S/c1-3-10-6-4-5-7-11(10)13(18)16-14-15-12(8-20-14)9(2)17-19/h4-8,19H,3H2,1-2H3,(H,15,16,18)/b17-9+. The largest absolute Gasteiger partial charge is 0.411 e. The lowest BCUT2D eigenvalue weighted by Gasteiger charge is -2.06. The lowest BCUT2D eigenvalue weighted by Crippen LogP contribution is -2.14. The van der Waals surface area contributed by atoms with Gasteiger partial charge in [-0.1, -0.05) is 30.3 Å². The van der Waals surface area contributed by atoms with E-state index >= 15 is 0 Å². The molecule has 1 amide bonds. The molecule has 0 aliphatic rings. The van der Waals surface area contributed by atoms with Crippen LogP contribution in [-0.2, 0) is 6.42 Å². The van der Waals surface area contributed by atoms with Gasteiger partial charge in [0.1, 0.15) is 11.4 Å². The van der Waals surface area contributed by atoms with Crippen molar-refractivity contribution in [2.45, 2.75) is 20.3 Å². The summed E-state index contributed by atoms with van der Waals surface area (Å²) >= 11 is 1.29. The number of nitrogens with one attached hydrogen (secondary N) is 1. The zero-order valence-corrected chi connectivity index (χ0v) is 12.1. The lowest BCUT2D eigenvalue weighted by molar-refractivity contribution is 0.102. The van der Waals surface area contributed by atoms with Crippen molar-refractivity contribution < 1.29 is 10.0 Å². The van der Waals surface area contributed by atoms with Crippen molar-refractivity contribution in [3.05, 3.63) is 46.5 Å². The molecule has 5 nitrogen and oxygen atoms in total. The number of amides is 1. The molecule has 1 aromatic carbocycles. The van der Waals surface area contributed by atoms with Crippen LogP contribution < -0.4 is 5.32 Å². The van der Waals surface area contributed by atoms with Crippen molar-refractivity contribution in [1.29, 1.82) is 0 Å². The summed E-state index contributed by atoms with van der Waals surface area (Å²) in [4.78, 5) is 16.4. The fraction of sp³-hybridized carbons (Fsp3) is 0.214. The minimum Gasteiger partial charge on any atom is -0.411 e. The van der Waals surface area contributed by atoms with E-state index in [-0.39, 0.29) is 5.91 Å². The Bertz CT molecular complexity index is 649. The van der Waals surface area contributed by atoms with Gasteiger partial charge in [-0.2, -0.15) is 0 Å². The molecule has 0 saturated heterocycles. The van der Waals surface area contributed by atoms with Crippen LogP contribution in [0, 0.1) is 0 Å². The van der Waals surface area contributed by atoms with E-state index in [2.05, 4.69) is 15.5 Å². The predicted octanol–water partition coefficient (Wildman–Crippen LogP) is 3.16. The van der Waals surface area contributed by atoms with Crippen LogP contribution in [0.3, 0.4) is 0 Å². The molecule has 1 heterocycles. The highest BCUT2D eigenvalue weighted by Gasteiger charge is 2.12. The summed E-state index contributed by atoms with van der Waals surface area (Å²) in [5.41, 5.74) is 2.61. The van der Waals surface area contributed by atoms with E-state index in [1.807, 2.05) is 25.1 Å². The molecule has 6 heteroatoms. The summed E-state index contributed by atoms with van der Waals surface area (Å²) in [5.74, 6) is -0.179. The predicted molar refractivity (Wildman–Crippen MR) is 79.9 cm³/mol. The molecule has 0 aliphatic heterocycles. The maximum absolute atomic E-state index is 12.2. The fourth-order valence-corrected chi connectivity index (χ4v) is 2.51. The number of nitrogens with zero attached hydrogens (tertiary/aromatic N) is 2. The Kier molecular flexibility index (Phi) is 4.47. The number of oxime groups is 1. The van der Waals surface area contributed by atoms with Crippen LogP contribution in [0.25, 0.3) is 0 Å². The van der Waals surface area contributed by atoms with Gasteiger partial charge in [-0.05, 0) is 25.0 Å². The average Bonchev–Trinajstić information content (AvgIpc) is 2.94. The Hall–Kier alpha value is -2.21. The quantitative estimate of drug-likeness (QED) is 0.516. The van der Waals surface area contributed by atoms with E-state index in [9.17, 15) is 4.79 Å². The number of hydrogen-bond donors (Lipinski definition) is 2. The van der Waals surface area contributed by atoms with Crippen LogP contribution in [0.5, 0.6) is 0 Å². The Morgan fingerprint density at radius 1 is 1.45 bits per heavy atom. The molecule has 2 N–H and O–H groups in total. The summed E-state index contributed by atoms with van der Waals surface area (Å²) in [5, 5.41) is 16.8. The van der Waals surface area contributed by atoms with Gasteiger partial charge in [0.2, 0.25) is 0 Å². The highest BCUT2D eigenvalue weighted by molar-refractivity contribution is 7.14. The zero-order chi connectivity index (χ0) is 14.5. The van der Waals surface area contributed by atoms with Gasteiger partial charge in [0.25, 0.3) is 5.91 Å². The van der Waals surface area contributed by atoms with E-state index in [0.29, 0.717) is 22.1 Å². The summed E-state index contributed by atoms with van der Waals surface area (Å²) in [6.07, 6.45) is 0.795. The van der Waals surface area contributed by atoms with Gasteiger partial charge in [0, 0.05) is 10.9 Å². The summed E-state index contributed by atoms with van der Waals surface area (Å²) in [7, 11) is 0. The van der Waals surface area contributed by atoms with Crippen LogP contribution in [0.1, 0.15) is 35.5 Å². The number of carbonyl (C=O) groups is 1. The molecule has 2 rings (SSSR count). The molecule has 0 bridgehead atoms. The number of carbonyl (C=O) groups excluding carboxylic acids is 1. The molecule has 20 heavy (non-hydrogen) atoms. The van der Waals surface area contributed by atoms with Crippen molar-refractivity contribution >= 4 is 28.1 Å². The molecule has 2 aromatic rings. The van der Waals surface area contributed by atoms with Crippen LogP contribution in [-0.4, -0.2) is 21.8 Å². The van der Waals surface area contributed by atoms with E-state index in [1.54, 1.807) is 18.4 Å². The lowest BCUT2D eigenvalue weighted by atomic mass is 10.1. The molecule has 1 aromatic heterocycles. The monoisotopic (exact) mass is 289 g/mol. The number of anilines is 1. The van der Waals surface area contributed by atoms with Crippen LogP contribution in [0.15, 0.2) is 34.8 Å². The highest BCUT2D eigenvalue weighted by atomic mass is 32.1. The van der Waals surface area contributed by atoms with Crippen LogP contribution in [0.4, 0.5) is 5.13 Å². The normalized spacial score (nSPS) is 11.4. The van der Waals surface area contributed by atoms with Gasteiger partial charge in [-0.15, -0.1) is 11.3 Å². The molecule has 0 spiro atoms. The Morgan fingerprint density at radius 2 is 2.20 bits per heavy atom. The third-order valence-corrected chi connectivity index (χ3v) is 3.65. The van der Waals surface area contributed by atoms with E-state index in [4.69, 9.17) is 5.21 Å². The third kappa shape index (κ3) is 3.03. The second kappa shape index (κ2) is 6.29. The molecule has 0 aliphatic carbocycles. The van der Waals surface area contributed by atoms with Gasteiger partial charge in [0.15, 0.2) is 5.13 Å². The molecule has 0 radical (unpaired) electrons. The Morgan fingerprint density at radius 3 is 2.90 bits per heavy atom. The molecule has 0 saturated carbocycles. The first-order valence-corrected chi connectivity index (χ1v) is 7.07. The number of aryl methyl sites for hydroxylation is 1. The first kappa shape index (κ1) is 14.2. The van der Waals surface area contributed by atoms with Crippen molar-refractivity contribution in [2.24, 2.45) is 5.16 Å². The average molecular weight is 289 g/mol. The van der Waals surface area contributed by atoms with Gasteiger partial charge in [-0.3, -0.25) is 10.1 Å². The van der Waals surface area contributed by atoms with E-state index < -0.39 is 0 Å². The molecular formula is C14H15N3O2S. The van der Waals surface area contributed by atoms with Crippen LogP contribution in [0.2, 0.25) is 0 Å². The van der Waals surface area contributed by atoms with E-state index in [0.717, 1.165) is 12.0 Å². The number of hydrogen-bond acceptors (Lipinski definition) is 5. The zero-order valence-electron chi connectivity index (χ0n) is 11.3. The van der Waals surface area contributed by atoms with Crippen molar-refractivity contribution in [3.63, 3.8) is 0 Å². The van der Waals surface area contributed by atoms with Crippen LogP contribution >= 0.6 is 11.3 Å². The Labute approximate surface area is 121 Å². The first-order chi connectivity index (χ1) is 9.65. The molecule has 104 valence electrons. The maximum Gasteiger partial charge on any atom is 0.257 e. The first-order valence-electron chi connectivity index (χ1n) is 6.19. The van der Waals surface area contributed by atoms with Gasteiger partial charge >= 0.3 is 0 Å². The fourth-order valence-electron chi connectivity index (χ4n) is 1.76. The second-order valence-corrected chi connectivity index (χ2v) is 5.05. The number of rotatable bonds is 4. The minimum atomic E-state index is -0.179. The number of benzene rings is 1. The minimum absolute atomic E-state index is 0.179. The Balaban J connectivity index is 2.17. The summed E-state index contributed by atoms with van der Waals surface area (Å²) in [6, 6.07) is 7.48. The smallest absolute Gasteiger partial charge is 0.257 e. The topological polar surface area (TPSA) is 74.6 Å². The van der Waals surface area contributed by atoms with Gasteiger partial charge < -0.3 is 5.21 Å². The molecule has 0 unspecified atom stereocenters. The van der Waals surface area contributed by atoms with Gasteiger partial charge in [0.05, 0.1) is 0 Å². The van der Waals surface area contributed by atoms with E-state index in [1.165, 1.54) is 11.3 Å². The summed E-state index contributed by atoms with van der Waals surface area (Å²) < 4.78 is 0. The number of aromatic nitrogens is 1. The SMILES string of the molecule is CCc1ccccc1C(=O)Nc1nc(/C(C)=N/O)cs1. The van der Waals surface area contributed by atoms with Crippen molar-refractivity contribution in [3.8, 4) is 0 Å². The molecule has 0 atom stereocenters. The van der Waals surface area contributed by atoms with Crippen molar-refractivity contribution in [2.75, 3.05) is 5.32 Å². The second-order valence-electron chi connectivity index (χ2n) is 4.19. The molecular weight excluding hydrogens is 274 g/mol.